The fraction of sp³-hybridized carbons (Fsp3) is 0.500. The number of nitrogens with two attached hydrogens (primary N) is 1. The zero-order valence-electron chi connectivity index (χ0n) is 6.59. The van der Waals surface area contributed by atoms with Crippen LogP contribution in [0.25, 0.3) is 0 Å². The molecule has 0 radical (unpaired) electrons. The van der Waals surface area contributed by atoms with Crippen molar-refractivity contribution in [2.24, 2.45) is 0 Å². The van der Waals surface area contributed by atoms with Crippen LogP contribution in [0.2, 0.25) is 0 Å². The molecule has 2 N–H and O–H groups in total. The van der Waals surface area contributed by atoms with E-state index in [2.05, 4.69) is 25.7 Å². The van der Waals surface area contributed by atoms with E-state index in [9.17, 15) is 0 Å². The highest BCUT2D eigenvalue weighted by molar-refractivity contribution is 7.52. The van der Waals surface area contributed by atoms with Crippen LogP contribution in [-0.2, 0) is 12.6 Å². The molecule has 0 aliphatic carbocycles. The number of hydrogen-bond donors (Lipinski definition) is 1. The molecule has 1 aromatic rings. The van der Waals surface area contributed by atoms with Crippen molar-refractivity contribution in [2.75, 3.05) is 5.73 Å². The van der Waals surface area contributed by atoms with E-state index < -0.39 is 0 Å². The first-order chi connectivity index (χ1) is 4.79. The SMILES string of the molecule is CCc1ccp(CC)c1N. The summed E-state index contributed by atoms with van der Waals surface area (Å²) in [7, 11) is -0.0724. The lowest BCUT2D eigenvalue weighted by molar-refractivity contribution is 1.16. The number of aryl methyl sites for hydroxylation is 2. The predicted molar refractivity (Wildman–Crippen MR) is 48.6 cm³/mol. The summed E-state index contributed by atoms with van der Waals surface area (Å²) < 4.78 is 0. The minimum Gasteiger partial charge on any atom is -0.395 e. The van der Waals surface area contributed by atoms with Crippen LogP contribution in [0, 0.1) is 0 Å². The average molecular weight is 155 g/mol. The Balaban J connectivity index is 2.97. The molecule has 1 unspecified atom stereocenters. The second-order valence-corrected chi connectivity index (χ2v) is 4.72. The third-order valence-electron chi connectivity index (χ3n) is 1.82. The van der Waals surface area contributed by atoms with Crippen LogP contribution >= 0.6 is 7.53 Å². The number of rotatable bonds is 2. The van der Waals surface area contributed by atoms with Crippen LogP contribution in [0.4, 0.5) is 5.42 Å². The van der Waals surface area contributed by atoms with Crippen molar-refractivity contribution in [3.05, 3.63) is 17.4 Å². The zero-order valence-corrected chi connectivity index (χ0v) is 7.49. The molecule has 0 saturated heterocycles. The molecule has 56 valence electrons. The van der Waals surface area contributed by atoms with E-state index in [0.29, 0.717) is 0 Å². The molecule has 0 aliphatic rings. The van der Waals surface area contributed by atoms with Gasteiger partial charge in [-0.1, -0.05) is 19.9 Å². The third kappa shape index (κ3) is 1.19. The second-order valence-electron chi connectivity index (χ2n) is 2.37. The van der Waals surface area contributed by atoms with Gasteiger partial charge in [0.2, 0.25) is 0 Å². The highest BCUT2D eigenvalue weighted by Gasteiger charge is 2.01. The molecule has 10 heavy (non-hydrogen) atoms. The Kier molecular flexibility index (Phi) is 2.39. The first kappa shape index (κ1) is 7.68. The Hall–Kier alpha value is -0.420. The molecule has 1 heterocycles. The van der Waals surface area contributed by atoms with Gasteiger partial charge in [0.1, 0.15) is 0 Å². The second kappa shape index (κ2) is 3.12. The Morgan fingerprint density at radius 2 is 2.20 bits per heavy atom. The lowest BCUT2D eigenvalue weighted by Crippen LogP contribution is -1.85. The average Bonchev–Trinajstić information content (AvgIpc) is 2.30. The summed E-state index contributed by atoms with van der Waals surface area (Å²) in [5.41, 5.74) is 8.40. The number of hydrogen-bond acceptors (Lipinski definition) is 1. The maximum atomic E-state index is 5.89. The summed E-state index contributed by atoms with van der Waals surface area (Å²) in [6.07, 6.45) is 2.28. The van der Waals surface area contributed by atoms with E-state index in [1.54, 1.807) is 0 Å². The van der Waals surface area contributed by atoms with Crippen LogP contribution in [0.15, 0.2) is 11.9 Å². The number of anilines is 1. The summed E-state index contributed by atoms with van der Waals surface area (Å²) in [6.45, 7) is 4.35. The molecule has 1 rings (SSSR count). The van der Waals surface area contributed by atoms with Crippen molar-refractivity contribution < 1.29 is 0 Å². The maximum Gasteiger partial charge on any atom is 0.0540 e. The quantitative estimate of drug-likeness (QED) is 0.698. The van der Waals surface area contributed by atoms with Gasteiger partial charge in [-0.3, -0.25) is 0 Å². The molecule has 0 fully saturated rings. The molecule has 0 spiro atoms. The minimum atomic E-state index is -0.0724. The molecule has 2 heteroatoms. The van der Waals surface area contributed by atoms with Gasteiger partial charge in [-0.05, 0) is 23.9 Å². The molecule has 0 aliphatic heterocycles. The van der Waals surface area contributed by atoms with Crippen molar-refractivity contribution in [2.45, 2.75) is 26.4 Å². The first-order valence-corrected chi connectivity index (χ1v) is 5.32. The van der Waals surface area contributed by atoms with Gasteiger partial charge in [-0.25, -0.2) is 0 Å². The topological polar surface area (TPSA) is 26.0 Å². The standard InChI is InChI=1S/C8H14NP/c1-3-7-5-6-10(4-2)8(7)9/h5-6H,3-4,9H2,1-2H3. The highest BCUT2D eigenvalue weighted by Crippen LogP contribution is 2.40. The van der Waals surface area contributed by atoms with Crippen molar-refractivity contribution in [3.63, 3.8) is 0 Å². The molecule has 1 aromatic heterocycles. The van der Waals surface area contributed by atoms with Crippen molar-refractivity contribution in [1.82, 2.24) is 0 Å². The van der Waals surface area contributed by atoms with Gasteiger partial charge in [0, 0.05) is 0 Å². The van der Waals surface area contributed by atoms with Gasteiger partial charge in [-0.2, -0.15) is 0 Å². The lowest BCUT2D eigenvalue weighted by Gasteiger charge is -1.97. The fourth-order valence-corrected chi connectivity index (χ4v) is 2.78. The van der Waals surface area contributed by atoms with E-state index >= 15 is 0 Å². The van der Waals surface area contributed by atoms with Gasteiger partial charge in [0.15, 0.2) is 0 Å². The van der Waals surface area contributed by atoms with Gasteiger partial charge in [0.05, 0.1) is 5.42 Å². The summed E-state index contributed by atoms with van der Waals surface area (Å²) in [5.74, 6) is 2.27. The Morgan fingerprint density at radius 3 is 2.50 bits per heavy atom. The largest absolute Gasteiger partial charge is 0.395 e. The summed E-state index contributed by atoms with van der Waals surface area (Å²) >= 11 is 0. The summed E-state index contributed by atoms with van der Waals surface area (Å²) in [6, 6.07) is 2.19. The Morgan fingerprint density at radius 1 is 1.50 bits per heavy atom. The fourth-order valence-electron chi connectivity index (χ4n) is 1.10. The molecule has 1 nitrogen and oxygen atoms in total. The van der Waals surface area contributed by atoms with Crippen LogP contribution < -0.4 is 5.73 Å². The molecule has 0 amide bonds. The van der Waals surface area contributed by atoms with Gasteiger partial charge >= 0.3 is 0 Å². The van der Waals surface area contributed by atoms with Gasteiger partial charge in [-0.15, -0.1) is 7.53 Å². The zero-order chi connectivity index (χ0) is 7.56. The molecule has 0 saturated carbocycles. The first-order valence-electron chi connectivity index (χ1n) is 3.73. The van der Waals surface area contributed by atoms with Crippen LogP contribution in [0.5, 0.6) is 0 Å². The van der Waals surface area contributed by atoms with Crippen molar-refractivity contribution in [1.29, 1.82) is 0 Å². The normalized spacial score (nSPS) is 12.0. The van der Waals surface area contributed by atoms with Crippen molar-refractivity contribution >= 4 is 13.0 Å². The summed E-state index contributed by atoms with van der Waals surface area (Å²) in [5, 5.41) is 0. The van der Waals surface area contributed by atoms with Gasteiger partial charge in [0.25, 0.3) is 0 Å². The number of nitrogen functional groups attached to an aromatic ring is 1. The molecular formula is C8H14NP. The smallest absolute Gasteiger partial charge is 0.0540 e. The van der Waals surface area contributed by atoms with E-state index in [1.165, 1.54) is 11.7 Å². The Bertz CT molecular complexity index is 194. The summed E-state index contributed by atoms with van der Waals surface area (Å²) in [4.78, 5) is 0. The third-order valence-corrected chi connectivity index (χ3v) is 3.91. The van der Waals surface area contributed by atoms with Crippen molar-refractivity contribution in [3.8, 4) is 0 Å². The Labute approximate surface area is 63.3 Å². The minimum absolute atomic E-state index is 0.0724. The van der Waals surface area contributed by atoms with E-state index in [-0.39, 0.29) is 7.53 Å². The van der Waals surface area contributed by atoms with E-state index in [0.717, 1.165) is 11.8 Å². The van der Waals surface area contributed by atoms with Crippen LogP contribution in [0.3, 0.4) is 0 Å². The highest BCUT2D eigenvalue weighted by atomic mass is 31.1. The van der Waals surface area contributed by atoms with Crippen LogP contribution in [0.1, 0.15) is 19.4 Å². The van der Waals surface area contributed by atoms with E-state index in [1.807, 2.05) is 0 Å². The van der Waals surface area contributed by atoms with Crippen LogP contribution in [-0.4, -0.2) is 0 Å². The maximum absolute atomic E-state index is 5.89. The van der Waals surface area contributed by atoms with Gasteiger partial charge < -0.3 is 5.73 Å². The monoisotopic (exact) mass is 155 g/mol. The lowest BCUT2D eigenvalue weighted by atomic mass is 10.2. The molecule has 0 bridgehead atoms. The molecule has 0 aromatic carbocycles. The van der Waals surface area contributed by atoms with E-state index in [4.69, 9.17) is 5.73 Å². The molecular weight excluding hydrogens is 141 g/mol. The predicted octanol–water partition coefficient (Wildman–Crippen LogP) is 2.84. The molecule has 1 atom stereocenters.